The van der Waals surface area contributed by atoms with E-state index in [1.54, 1.807) is 11.0 Å². The van der Waals surface area contributed by atoms with Gasteiger partial charge in [-0.05, 0) is 63.1 Å². The number of carbonyl (C=O) groups excluding carboxylic acids is 1. The number of nitrogens with zero attached hydrogens (tertiary/aromatic N) is 2. The topological polar surface area (TPSA) is 66.9 Å². The van der Waals surface area contributed by atoms with Crippen LogP contribution >= 0.6 is 0 Å². The lowest BCUT2D eigenvalue weighted by molar-refractivity contribution is -0.137. The van der Waals surface area contributed by atoms with Crippen molar-refractivity contribution >= 4 is 21.8 Å². The molecule has 1 aliphatic heterocycles. The second-order valence-corrected chi connectivity index (χ2v) is 11.6. The first-order chi connectivity index (χ1) is 16.9. The normalized spacial score (nSPS) is 18.4. The van der Waals surface area contributed by atoms with Crippen LogP contribution in [-0.2, 0) is 20.8 Å². The molecule has 36 heavy (non-hydrogen) atoms. The number of rotatable bonds is 8. The Morgan fingerprint density at radius 2 is 1.69 bits per heavy atom. The summed E-state index contributed by atoms with van der Waals surface area (Å²) in [5, 5.41) is -0.404. The molecular weight excluding hydrogens is 500 g/mol. The average molecular weight is 529 g/mol. The molecule has 1 atom stereocenters. The Hall–Kier alpha value is -2.66. The molecule has 0 aromatic heterocycles. The van der Waals surface area contributed by atoms with Gasteiger partial charge in [0, 0.05) is 31.7 Å². The van der Waals surface area contributed by atoms with E-state index < -0.39 is 38.7 Å². The summed E-state index contributed by atoms with van der Waals surface area (Å²) in [5.41, 5.74) is -0.552. The molecule has 2 aliphatic rings. The largest absolute Gasteiger partial charge is 0.491 e. The van der Waals surface area contributed by atoms with Crippen molar-refractivity contribution in [3.8, 4) is 5.75 Å². The van der Waals surface area contributed by atoms with E-state index in [4.69, 9.17) is 4.74 Å². The fourth-order valence-electron chi connectivity index (χ4n) is 4.40. The zero-order valence-electron chi connectivity index (χ0n) is 20.0. The number of sulfone groups is 1. The van der Waals surface area contributed by atoms with E-state index in [2.05, 4.69) is 0 Å². The third-order valence-electron chi connectivity index (χ3n) is 6.41. The molecule has 1 aliphatic carbocycles. The lowest BCUT2D eigenvalue weighted by Crippen LogP contribution is -2.48. The number of piperazine rings is 1. The van der Waals surface area contributed by atoms with Gasteiger partial charge in [-0.1, -0.05) is 0 Å². The van der Waals surface area contributed by atoms with Crippen LogP contribution in [0, 0.1) is 5.82 Å². The summed E-state index contributed by atoms with van der Waals surface area (Å²) >= 11 is 0. The van der Waals surface area contributed by atoms with Gasteiger partial charge in [0.1, 0.15) is 17.9 Å². The van der Waals surface area contributed by atoms with E-state index >= 15 is 0 Å². The molecule has 1 unspecified atom stereocenters. The predicted octanol–water partition coefficient (Wildman–Crippen LogP) is 4.63. The maximum atomic E-state index is 14.5. The highest BCUT2D eigenvalue weighted by atomic mass is 32.2. The van der Waals surface area contributed by atoms with Gasteiger partial charge in [-0.15, -0.1) is 0 Å². The minimum atomic E-state index is -4.63. The molecule has 0 radical (unpaired) electrons. The molecule has 1 saturated carbocycles. The number of aldehydes is 1. The van der Waals surface area contributed by atoms with Crippen molar-refractivity contribution in [1.82, 2.24) is 4.90 Å². The Balaban J connectivity index is 1.56. The van der Waals surface area contributed by atoms with Crippen molar-refractivity contribution in [2.45, 2.75) is 55.2 Å². The molecule has 0 N–H and O–H groups in total. The van der Waals surface area contributed by atoms with Crippen LogP contribution in [0.4, 0.5) is 23.2 Å². The summed E-state index contributed by atoms with van der Waals surface area (Å²) in [7, 11) is -3.49. The Morgan fingerprint density at radius 3 is 2.22 bits per heavy atom. The van der Waals surface area contributed by atoms with Crippen molar-refractivity contribution in [1.29, 1.82) is 0 Å². The molecular formula is C25H28F4N2O4S. The summed E-state index contributed by atoms with van der Waals surface area (Å²) < 4.78 is 84.6. The maximum Gasteiger partial charge on any atom is 0.416 e. The van der Waals surface area contributed by atoms with Gasteiger partial charge in [0.2, 0.25) is 0 Å². The SMILES string of the molecule is CC(C)Oc1ccc(S(=O)(=O)C2CC2)cc1C(C=O)N1CCN(c2ccc(C(F)(F)F)cc2F)CC1. The van der Waals surface area contributed by atoms with Gasteiger partial charge in [0.05, 0.1) is 33.5 Å². The number of anilines is 1. The molecule has 4 rings (SSSR count). The van der Waals surface area contributed by atoms with Crippen LogP contribution in [-0.4, -0.2) is 57.1 Å². The first-order valence-corrected chi connectivity index (χ1v) is 13.3. The minimum absolute atomic E-state index is 0.0617. The number of hydrogen-bond donors (Lipinski definition) is 0. The molecule has 0 spiro atoms. The first kappa shape index (κ1) is 26.4. The molecule has 1 heterocycles. The van der Waals surface area contributed by atoms with Crippen LogP contribution in [0.15, 0.2) is 41.3 Å². The fourth-order valence-corrected chi connectivity index (χ4v) is 6.09. The standard InChI is InChI=1S/C25H28F4N2O4S/c1-16(2)35-24-8-6-19(36(33,34)18-4-5-18)14-20(24)23(15-32)31-11-9-30(10-12-31)22-7-3-17(13-21(22)26)25(27,28)29/h3,6-8,13-16,18,23H,4-5,9-12H2,1-2H3. The van der Waals surface area contributed by atoms with Crippen molar-refractivity contribution in [2.24, 2.45) is 0 Å². The van der Waals surface area contributed by atoms with Crippen LogP contribution in [0.5, 0.6) is 5.75 Å². The Bertz CT molecular complexity index is 1220. The number of carbonyl (C=O) groups is 1. The van der Waals surface area contributed by atoms with E-state index in [-0.39, 0.29) is 29.8 Å². The fraction of sp³-hybridized carbons (Fsp3) is 0.480. The second kappa shape index (κ2) is 10.0. The van der Waals surface area contributed by atoms with Gasteiger partial charge in [0.15, 0.2) is 9.84 Å². The minimum Gasteiger partial charge on any atom is -0.491 e. The first-order valence-electron chi connectivity index (χ1n) is 11.8. The molecule has 2 aromatic rings. The monoisotopic (exact) mass is 528 g/mol. The Labute approximate surface area is 207 Å². The van der Waals surface area contributed by atoms with E-state index in [0.717, 1.165) is 18.4 Å². The molecule has 2 aromatic carbocycles. The van der Waals surface area contributed by atoms with Crippen molar-refractivity contribution in [3.05, 3.63) is 53.3 Å². The number of ether oxygens (including phenoxy) is 1. The highest BCUT2D eigenvalue weighted by molar-refractivity contribution is 7.92. The predicted molar refractivity (Wildman–Crippen MR) is 126 cm³/mol. The van der Waals surface area contributed by atoms with E-state index in [1.807, 2.05) is 18.7 Å². The van der Waals surface area contributed by atoms with Gasteiger partial charge in [0.25, 0.3) is 0 Å². The van der Waals surface area contributed by atoms with Crippen LogP contribution in [0.25, 0.3) is 0 Å². The summed E-state index contributed by atoms with van der Waals surface area (Å²) in [5.74, 6) is -0.552. The van der Waals surface area contributed by atoms with E-state index in [0.29, 0.717) is 43.3 Å². The van der Waals surface area contributed by atoms with Crippen LogP contribution in [0.3, 0.4) is 0 Å². The van der Waals surface area contributed by atoms with Gasteiger partial charge in [-0.3, -0.25) is 4.90 Å². The zero-order chi connectivity index (χ0) is 26.3. The second-order valence-electron chi connectivity index (χ2n) is 9.38. The van der Waals surface area contributed by atoms with E-state index in [1.165, 1.54) is 12.1 Å². The highest BCUT2D eigenvalue weighted by Gasteiger charge is 2.38. The van der Waals surface area contributed by atoms with Crippen LogP contribution in [0.1, 0.15) is 43.9 Å². The Morgan fingerprint density at radius 1 is 1.03 bits per heavy atom. The Kier molecular flexibility index (Phi) is 7.34. The number of benzene rings is 2. The van der Waals surface area contributed by atoms with Crippen molar-refractivity contribution in [3.63, 3.8) is 0 Å². The van der Waals surface area contributed by atoms with Gasteiger partial charge >= 0.3 is 6.18 Å². The lowest BCUT2D eigenvalue weighted by atomic mass is 10.0. The summed E-state index contributed by atoms with van der Waals surface area (Å²) in [4.78, 5) is 15.9. The van der Waals surface area contributed by atoms with Gasteiger partial charge < -0.3 is 14.4 Å². The molecule has 0 bridgehead atoms. The molecule has 1 saturated heterocycles. The number of hydrogen-bond acceptors (Lipinski definition) is 6. The highest BCUT2D eigenvalue weighted by Crippen LogP contribution is 2.38. The molecule has 6 nitrogen and oxygen atoms in total. The van der Waals surface area contributed by atoms with Gasteiger partial charge in [-0.2, -0.15) is 13.2 Å². The zero-order valence-corrected chi connectivity index (χ0v) is 20.8. The third-order valence-corrected chi connectivity index (χ3v) is 8.67. The van der Waals surface area contributed by atoms with E-state index in [9.17, 15) is 30.8 Å². The summed E-state index contributed by atoms with van der Waals surface area (Å²) in [6.45, 7) is 4.81. The number of alkyl halides is 3. The maximum absolute atomic E-state index is 14.5. The molecule has 11 heteroatoms. The quantitative estimate of drug-likeness (QED) is 0.368. The number of halogens is 4. The smallest absolute Gasteiger partial charge is 0.416 e. The summed E-state index contributed by atoms with van der Waals surface area (Å²) in [6, 6.07) is 6.24. The lowest BCUT2D eigenvalue weighted by Gasteiger charge is -2.39. The van der Waals surface area contributed by atoms with Crippen LogP contribution < -0.4 is 9.64 Å². The van der Waals surface area contributed by atoms with Crippen LogP contribution in [0.2, 0.25) is 0 Å². The van der Waals surface area contributed by atoms with Crippen molar-refractivity contribution < 1.29 is 35.5 Å². The average Bonchev–Trinajstić information content (AvgIpc) is 3.66. The summed E-state index contributed by atoms with van der Waals surface area (Å²) in [6.07, 6.45) is -2.89. The van der Waals surface area contributed by atoms with Gasteiger partial charge in [-0.25, -0.2) is 12.8 Å². The third kappa shape index (κ3) is 5.51. The molecule has 196 valence electrons. The molecule has 2 fully saturated rings. The molecule has 0 amide bonds. The van der Waals surface area contributed by atoms with Crippen molar-refractivity contribution in [2.75, 3.05) is 31.1 Å².